The number of carboxylic acid groups (broad SMARTS) is 1. The monoisotopic (exact) mass is 321 g/mol. The van der Waals surface area contributed by atoms with Crippen LogP contribution in [0.15, 0.2) is 24.3 Å². The summed E-state index contributed by atoms with van der Waals surface area (Å²) in [5, 5.41) is 9.41. The summed E-state index contributed by atoms with van der Waals surface area (Å²) in [7, 11) is 1.58. The highest BCUT2D eigenvalue weighted by Gasteiger charge is 2.43. The molecule has 0 saturated carbocycles. The maximum atomic E-state index is 12.5. The van der Waals surface area contributed by atoms with Crippen LogP contribution in [0.1, 0.15) is 45.2 Å². The quantitative estimate of drug-likeness (QED) is 0.925. The minimum absolute atomic E-state index is 0.308. The van der Waals surface area contributed by atoms with E-state index in [0.717, 1.165) is 5.56 Å². The largest absolute Gasteiger partial charge is 0.497 e. The summed E-state index contributed by atoms with van der Waals surface area (Å²) < 4.78 is 10.5. The van der Waals surface area contributed by atoms with E-state index in [0.29, 0.717) is 18.6 Å². The number of rotatable bonds is 3. The van der Waals surface area contributed by atoms with Crippen LogP contribution in [-0.4, -0.2) is 40.8 Å². The Morgan fingerprint density at radius 2 is 1.78 bits per heavy atom. The summed E-state index contributed by atoms with van der Waals surface area (Å²) in [5.41, 5.74) is 0.202. The molecule has 0 bridgehead atoms. The van der Waals surface area contributed by atoms with Crippen molar-refractivity contribution in [1.82, 2.24) is 4.90 Å². The average Bonchev–Trinajstić information content (AvgIpc) is 2.90. The van der Waals surface area contributed by atoms with Crippen LogP contribution in [0.4, 0.5) is 4.79 Å². The van der Waals surface area contributed by atoms with E-state index in [1.165, 1.54) is 4.90 Å². The number of ether oxygens (including phenoxy) is 2. The average molecular weight is 321 g/mol. The molecule has 0 spiro atoms. The molecule has 1 fully saturated rings. The summed E-state index contributed by atoms with van der Waals surface area (Å²) in [6.45, 7) is 5.29. The zero-order valence-corrected chi connectivity index (χ0v) is 13.9. The van der Waals surface area contributed by atoms with Gasteiger partial charge in [0.2, 0.25) is 0 Å². The van der Waals surface area contributed by atoms with Gasteiger partial charge in [-0.1, -0.05) is 12.1 Å². The number of benzene rings is 1. The van der Waals surface area contributed by atoms with Crippen LogP contribution in [0.3, 0.4) is 0 Å². The molecular weight excluding hydrogens is 298 g/mol. The molecular formula is C17H23NO5. The molecule has 2 atom stereocenters. The van der Waals surface area contributed by atoms with Gasteiger partial charge in [0.1, 0.15) is 17.4 Å². The normalized spacial score (nSPS) is 21.1. The van der Waals surface area contributed by atoms with Crippen LogP contribution in [0.5, 0.6) is 5.75 Å². The Morgan fingerprint density at radius 1 is 1.17 bits per heavy atom. The lowest BCUT2D eigenvalue weighted by Crippen LogP contribution is -2.44. The number of carboxylic acids is 1. The van der Waals surface area contributed by atoms with Crippen LogP contribution in [-0.2, 0) is 9.53 Å². The first-order valence-electron chi connectivity index (χ1n) is 7.61. The highest BCUT2D eigenvalue weighted by molar-refractivity contribution is 5.81. The highest BCUT2D eigenvalue weighted by atomic mass is 16.6. The summed E-state index contributed by atoms with van der Waals surface area (Å²) in [6, 6.07) is 6.14. The van der Waals surface area contributed by atoms with Crippen molar-refractivity contribution >= 4 is 12.1 Å². The Labute approximate surface area is 136 Å². The molecule has 23 heavy (non-hydrogen) atoms. The molecule has 1 aliphatic rings. The second-order valence-corrected chi connectivity index (χ2v) is 6.61. The molecule has 1 aromatic rings. The van der Waals surface area contributed by atoms with Gasteiger partial charge in [-0.15, -0.1) is 0 Å². The van der Waals surface area contributed by atoms with Crippen molar-refractivity contribution < 1.29 is 24.2 Å². The van der Waals surface area contributed by atoms with Crippen molar-refractivity contribution in [2.75, 3.05) is 7.11 Å². The van der Waals surface area contributed by atoms with E-state index in [-0.39, 0.29) is 6.04 Å². The third-order valence-corrected chi connectivity index (χ3v) is 3.78. The Kier molecular flexibility index (Phi) is 4.82. The number of likely N-dealkylation sites (tertiary alicyclic amines) is 1. The number of aliphatic carboxylic acids is 1. The summed E-state index contributed by atoms with van der Waals surface area (Å²) in [4.78, 5) is 25.3. The number of carbonyl (C=O) groups is 2. The summed E-state index contributed by atoms with van der Waals surface area (Å²) >= 11 is 0. The minimum Gasteiger partial charge on any atom is -0.497 e. The molecule has 6 nitrogen and oxygen atoms in total. The highest BCUT2D eigenvalue weighted by Crippen LogP contribution is 2.37. The Bertz CT molecular complexity index is 576. The molecule has 1 aromatic carbocycles. The predicted octanol–water partition coefficient (Wildman–Crippen LogP) is 3.22. The Balaban J connectivity index is 2.29. The van der Waals surface area contributed by atoms with Crippen molar-refractivity contribution in [1.29, 1.82) is 0 Å². The molecule has 1 N–H and O–H groups in total. The van der Waals surface area contributed by atoms with Crippen molar-refractivity contribution in [3.63, 3.8) is 0 Å². The number of hydrogen-bond acceptors (Lipinski definition) is 4. The minimum atomic E-state index is -1.01. The van der Waals surface area contributed by atoms with E-state index < -0.39 is 23.7 Å². The number of carbonyl (C=O) groups excluding carboxylic acids is 1. The van der Waals surface area contributed by atoms with E-state index in [1.807, 2.05) is 12.1 Å². The van der Waals surface area contributed by atoms with Gasteiger partial charge in [0.05, 0.1) is 13.2 Å². The molecule has 1 aliphatic heterocycles. The number of hydrogen-bond donors (Lipinski definition) is 1. The third-order valence-electron chi connectivity index (χ3n) is 3.78. The van der Waals surface area contributed by atoms with Crippen molar-refractivity contribution in [3.05, 3.63) is 29.8 Å². The Morgan fingerprint density at radius 3 is 2.26 bits per heavy atom. The fourth-order valence-corrected chi connectivity index (χ4v) is 2.78. The van der Waals surface area contributed by atoms with Gasteiger partial charge in [0.15, 0.2) is 0 Å². The Hall–Kier alpha value is -2.24. The smallest absolute Gasteiger partial charge is 0.411 e. The predicted molar refractivity (Wildman–Crippen MR) is 84.5 cm³/mol. The molecule has 1 amide bonds. The maximum Gasteiger partial charge on any atom is 0.411 e. The second kappa shape index (κ2) is 6.48. The second-order valence-electron chi connectivity index (χ2n) is 6.61. The first kappa shape index (κ1) is 17.1. The first-order chi connectivity index (χ1) is 10.7. The van der Waals surface area contributed by atoms with Gasteiger partial charge in [-0.25, -0.2) is 9.59 Å². The van der Waals surface area contributed by atoms with Crippen LogP contribution < -0.4 is 4.74 Å². The fourth-order valence-electron chi connectivity index (χ4n) is 2.78. The molecule has 126 valence electrons. The topological polar surface area (TPSA) is 76.1 Å². The van der Waals surface area contributed by atoms with E-state index in [9.17, 15) is 14.7 Å². The molecule has 0 aliphatic carbocycles. The SMILES string of the molecule is COc1ccc([C@H]2CC[C@@H](C(=O)O)N2C(=O)OC(C)(C)C)cc1. The summed E-state index contributed by atoms with van der Waals surface area (Å²) in [5.74, 6) is -0.294. The van der Waals surface area contributed by atoms with Crippen molar-refractivity contribution in [2.45, 2.75) is 51.3 Å². The summed E-state index contributed by atoms with van der Waals surface area (Å²) in [6.07, 6.45) is 0.400. The van der Waals surface area contributed by atoms with E-state index in [2.05, 4.69) is 0 Å². The van der Waals surface area contributed by atoms with Gasteiger partial charge >= 0.3 is 12.1 Å². The van der Waals surface area contributed by atoms with Crippen LogP contribution >= 0.6 is 0 Å². The molecule has 0 aromatic heterocycles. The zero-order chi connectivity index (χ0) is 17.2. The lowest BCUT2D eigenvalue weighted by molar-refractivity contribution is -0.142. The van der Waals surface area contributed by atoms with E-state index in [1.54, 1.807) is 40.0 Å². The van der Waals surface area contributed by atoms with Gasteiger partial charge < -0.3 is 14.6 Å². The lowest BCUT2D eigenvalue weighted by Gasteiger charge is -2.31. The van der Waals surface area contributed by atoms with Gasteiger partial charge in [-0.2, -0.15) is 0 Å². The molecule has 1 saturated heterocycles. The van der Waals surface area contributed by atoms with E-state index in [4.69, 9.17) is 9.47 Å². The van der Waals surface area contributed by atoms with E-state index >= 15 is 0 Å². The number of methoxy groups -OCH3 is 1. The van der Waals surface area contributed by atoms with Crippen molar-refractivity contribution in [3.8, 4) is 5.75 Å². The lowest BCUT2D eigenvalue weighted by atomic mass is 10.0. The van der Waals surface area contributed by atoms with Gasteiger partial charge in [-0.3, -0.25) is 4.90 Å². The molecule has 0 unspecified atom stereocenters. The van der Waals surface area contributed by atoms with Gasteiger partial charge in [-0.05, 0) is 51.3 Å². The van der Waals surface area contributed by atoms with Crippen LogP contribution in [0.2, 0.25) is 0 Å². The standard InChI is InChI=1S/C17H23NO5/c1-17(2,3)23-16(21)18-13(9-10-14(18)15(19)20)11-5-7-12(22-4)8-6-11/h5-8,13-14H,9-10H2,1-4H3,(H,19,20)/t13-,14+/m1/s1. The number of nitrogens with zero attached hydrogens (tertiary/aromatic N) is 1. The third kappa shape index (κ3) is 3.94. The molecule has 0 radical (unpaired) electrons. The maximum absolute atomic E-state index is 12.5. The number of amides is 1. The molecule has 2 rings (SSSR count). The molecule has 1 heterocycles. The van der Waals surface area contributed by atoms with Crippen LogP contribution in [0, 0.1) is 0 Å². The van der Waals surface area contributed by atoms with Crippen molar-refractivity contribution in [2.24, 2.45) is 0 Å². The van der Waals surface area contributed by atoms with Crippen LogP contribution in [0.25, 0.3) is 0 Å². The fraction of sp³-hybridized carbons (Fsp3) is 0.529. The zero-order valence-electron chi connectivity index (χ0n) is 13.9. The van der Waals surface area contributed by atoms with Gasteiger partial charge in [0.25, 0.3) is 0 Å². The first-order valence-corrected chi connectivity index (χ1v) is 7.61. The molecule has 6 heteroatoms. The van der Waals surface area contributed by atoms with Gasteiger partial charge in [0, 0.05) is 0 Å².